The zero-order chi connectivity index (χ0) is 27.3. The van der Waals surface area contributed by atoms with Crippen molar-refractivity contribution in [3.63, 3.8) is 0 Å². The molecule has 3 heterocycles. The van der Waals surface area contributed by atoms with E-state index < -0.39 is 15.9 Å². The summed E-state index contributed by atoms with van der Waals surface area (Å²) >= 11 is 6.91. The molecule has 4 rings (SSSR count). The molecule has 38 heavy (non-hydrogen) atoms. The Morgan fingerprint density at radius 2 is 1.71 bits per heavy atom. The van der Waals surface area contributed by atoms with Crippen molar-refractivity contribution >= 4 is 44.9 Å². The van der Waals surface area contributed by atoms with Crippen LogP contribution >= 0.6 is 22.9 Å². The highest BCUT2D eigenvalue weighted by molar-refractivity contribution is 7.91. The molecule has 1 N–H and O–H groups in total. The van der Waals surface area contributed by atoms with Crippen LogP contribution in [0.3, 0.4) is 0 Å². The summed E-state index contributed by atoms with van der Waals surface area (Å²) in [6, 6.07) is 6.42. The number of rotatable bonds is 11. The Kier molecular flexibility index (Phi) is 9.13. The molecular formula is C24H29ClN4O7S2. The predicted molar refractivity (Wildman–Crippen MR) is 143 cm³/mol. The Morgan fingerprint density at radius 3 is 2.26 bits per heavy atom. The smallest absolute Gasteiger partial charge is 0.322 e. The number of sulfonamides is 1. The standard InChI is InChI=1S/C24H29ClN4O7S2/c1-4-33-17-13-16(14-18(34-5-2)21(17)35-6-3)23-27-28-24(36-23)26-22(30)15-9-11-29(12-10-15)38(31,32)20-8-7-19(25)37-20/h7-8,13-15H,4-6,9-12H2,1-3H3,(H,26,28,30). The second kappa shape index (κ2) is 12.3. The summed E-state index contributed by atoms with van der Waals surface area (Å²) in [6.45, 7) is 7.30. The number of hydrogen-bond donors (Lipinski definition) is 1. The number of benzene rings is 1. The number of halogens is 1. The molecule has 1 saturated heterocycles. The summed E-state index contributed by atoms with van der Waals surface area (Å²) in [7, 11) is -3.63. The number of carbonyl (C=O) groups is 1. The van der Waals surface area contributed by atoms with Crippen LogP contribution in [0, 0.1) is 5.92 Å². The normalized spacial score (nSPS) is 14.8. The SMILES string of the molecule is CCOc1cc(-c2nnc(NC(=O)C3CCN(S(=O)(=O)c4ccc(Cl)s4)CC3)o2)cc(OCC)c1OCC. The number of piperidine rings is 1. The van der Waals surface area contributed by atoms with E-state index in [0.717, 1.165) is 11.3 Å². The van der Waals surface area contributed by atoms with Crippen LogP contribution < -0.4 is 19.5 Å². The minimum absolute atomic E-state index is 0.0573. The number of anilines is 1. The summed E-state index contributed by atoms with van der Waals surface area (Å²) < 4.78 is 50.5. The fraction of sp³-hybridized carbons (Fsp3) is 0.458. The number of hydrogen-bond acceptors (Lipinski definition) is 10. The molecule has 1 aromatic carbocycles. The average molecular weight is 585 g/mol. The molecule has 0 aliphatic carbocycles. The maximum absolute atomic E-state index is 12.9. The van der Waals surface area contributed by atoms with Gasteiger partial charge in [-0.25, -0.2) is 8.42 Å². The van der Waals surface area contributed by atoms with E-state index in [-0.39, 0.29) is 35.1 Å². The molecular weight excluding hydrogens is 556 g/mol. The lowest BCUT2D eigenvalue weighted by Gasteiger charge is -2.29. The molecule has 0 spiro atoms. The molecule has 1 aliphatic rings. The largest absolute Gasteiger partial charge is 0.490 e. The second-order valence-corrected chi connectivity index (χ2v) is 12.1. The van der Waals surface area contributed by atoms with Gasteiger partial charge in [-0.2, -0.15) is 4.31 Å². The van der Waals surface area contributed by atoms with Gasteiger partial charge in [0.15, 0.2) is 11.5 Å². The fourth-order valence-electron chi connectivity index (χ4n) is 4.03. The molecule has 0 saturated carbocycles. The van der Waals surface area contributed by atoms with Crippen LogP contribution in [0.15, 0.2) is 32.9 Å². The van der Waals surface area contributed by atoms with Crippen LogP contribution in [-0.4, -0.2) is 61.7 Å². The molecule has 0 unspecified atom stereocenters. The third-order valence-electron chi connectivity index (χ3n) is 5.78. The third kappa shape index (κ3) is 6.22. The summed E-state index contributed by atoms with van der Waals surface area (Å²) in [6.07, 6.45) is 0.721. The van der Waals surface area contributed by atoms with Crippen LogP contribution in [-0.2, 0) is 14.8 Å². The zero-order valence-electron chi connectivity index (χ0n) is 21.2. The first-order valence-electron chi connectivity index (χ1n) is 12.2. The van der Waals surface area contributed by atoms with Gasteiger partial charge in [-0.05, 0) is 57.9 Å². The predicted octanol–water partition coefficient (Wildman–Crippen LogP) is 4.69. The van der Waals surface area contributed by atoms with Crippen molar-refractivity contribution < 1.29 is 31.8 Å². The first kappa shape index (κ1) is 28.1. The summed E-state index contributed by atoms with van der Waals surface area (Å²) in [5, 5.41) is 10.7. The minimum atomic E-state index is -3.63. The van der Waals surface area contributed by atoms with Crippen molar-refractivity contribution in [1.29, 1.82) is 0 Å². The molecule has 14 heteroatoms. The van der Waals surface area contributed by atoms with E-state index in [1.54, 1.807) is 18.2 Å². The van der Waals surface area contributed by atoms with Crippen molar-refractivity contribution in [2.45, 2.75) is 37.8 Å². The third-order valence-corrected chi connectivity index (χ3v) is 9.38. The molecule has 0 radical (unpaired) electrons. The maximum Gasteiger partial charge on any atom is 0.322 e. The molecule has 11 nitrogen and oxygen atoms in total. The zero-order valence-corrected chi connectivity index (χ0v) is 23.6. The van der Waals surface area contributed by atoms with Gasteiger partial charge >= 0.3 is 6.01 Å². The van der Waals surface area contributed by atoms with E-state index in [0.29, 0.717) is 59.8 Å². The van der Waals surface area contributed by atoms with Gasteiger partial charge in [0.25, 0.3) is 10.0 Å². The lowest BCUT2D eigenvalue weighted by Crippen LogP contribution is -2.41. The summed E-state index contributed by atoms with van der Waals surface area (Å²) in [4.78, 5) is 12.9. The number of carbonyl (C=O) groups excluding carboxylic acids is 1. The number of ether oxygens (including phenoxy) is 3. The Labute approximate surface area is 230 Å². The van der Waals surface area contributed by atoms with Gasteiger partial charge in [-0.15, -0.1) is 16.4 Å². The van der Waals surface area contributed by atoms with Gasteiger partial charge in [-0.1, -0.05) is 16.7 Å². The number of nitrogens with zero attached hydrogens (tertiary/aromatic N) is 3. The number of aromatic nitrogens is 2. The molecule has 0 bridgehead atoms. The highest BCUT2D eigenvalue weighted by Crippen LogP contribution is 2.42. The molecule has 1 amide bonds. The first-order valence-corrected chi connectivity index (χ1v) is 14.9. The van der Waals surface area contributed by atoms with E-state index in [2.05, 4.69) is 15.5 Å². The van der Waals surface area contributed by atoms with E-state index in [1.165, 1.54) is 10.4 Å². The van der Waals surface area contributed by atoms with Gasteiger partial charge in [0.05, 0.1) is 24.2 Å². The van der Waals surface area contributed by atoms with E-state index in [1.807, 2.05) is 20.8 Å². The van der Waals surface area contributed by atoms with Gasteiger partial charge < -0.3 is 18.6 Å². The molecule has 3 aromatic rings. The van der Waals surface area contributed by atoms with Gasteiger partial charge in [0.1, 0.15) is 4.21 Å². The molecule has 2 aromatic heterocycles. The Bertz CT molecular complexity index is 1340. The lowest BCUT2D eigenvalue weighted by molar-refractivity contribution is -0.121. The quantitative estimate of drug-likeness (QED) is 0.341. The summed E-state index contributed by atoms with van der Waals surface area (Å²) in [5.74, 6) is 0.900. The molecule has 1 fully saturated rings. The van der Waals surface area contributed by atoms with Crippen molar-refractivity contribution in [1.82, 2.24) is 14.5 Å². The number of amides is 1. The van der Waals surface area contributed by atoms with E-state index in [4.69, 9.17) is 30.2 Å². The van der Waals surface area contributed by atoms with Crippen LogP contribution in [0.1, 0.15) is 33.6 Å². The van der Waals surface area contributed by atoms with Gasteiger partial charge in [0.2, 0.25) is 17.5 Å². The highest BCUT2D eigenvalue weighted by atomic mass is 35.5. The molecule has 206 valence electrons. The number of thiophene rings is 1. The minimum Gasteiger partial charge on any atom is -0.490 e. The van der Waals surface area contributed by atoms with Crippen molar-refractivity contribution in [2.24, 2.45) is 5.92 Å². The maximum atomic E-state index is 12.9. The van der Waals surface area contributed by atoms with E-state index >= 15 is 0 Å². The first-order chi connectivity index (χ1) is 18.3. The molecule has 0 atom stereocenters. The van der Waals surface area contributed by atoms with Crippen LogP contribution in [0.25, 0.3) is 11.5 Å². The monoisotopic (exact) mass is 584 g/mol. The average Bonchev–Trinajstić information content (AvgIpc) is 3.55. The van der Waals surface area contributed by atoms with Crippen molar-refractivity contribution in [2.75, 3.05) is 38.2 Å². The van der Waals surface area contributed by atoms with Crippen LogP contribution in [0.2, 0.25) is 4.34 Å². The van der Waals surface area contributed by atoms with Gasteiger partial charge in [-0.3, -0.25) is 10.1 Å². The second-order valence-electron chi connectivity index (χ2n) is 8.24. The Morgan fingerprint density at radius 1 is 1.08 bits per heavy atom. The Balaban J connectivity index is 1.43. The van der Waals surface area contributed by atoms with Crippen molar-refractivity contribution in [3.05, 3.63) is 28.6 Å². The highest BCUT2D eigenvalue weighted by Gasteiger charge is 2.33. The summed E-state index contributed by atoms with van der Waals surface area (Å²) in [5.41, 5.74) is 0.542. The Hall–Kier alpha value is -2.87. The fourth-order valence-corrected chi connectivity index (χ4v) is 7.14. The topological polar surface area (TPSA) is 133 Å². The van der Waals surface area contributed by atoms with E-state index in [9.17, 15) is 13.2 Å². The van der Waals surface area contributed by atoms with Gasteiger partial charge in [0, 0.05) is 24.6 Å². The van der Waals surface area contributed by atoms with Crippen LogP contribution in [0.5, 0.6) is 17.2 Å². The molecule has 1 aliphatic heterocycles. The number of nitrogens with one attached hydrogen (secondary N) is 1. The lowest BCUT2D eigenvalue weighted by atomic mass is 9.97. The van der Waals surface area contributed by atoms with Crippen molar-refractivity contribution in [3.8, 4) is 28.7 Å². The van der Waals surface area contributed by atoms with Crippen LogP contribution in [0.4, 0.5) is 6.01 Å².